The van der Waals surface area contributed by atoms with Crippen LogP contribution >= 0.6 is 0 Å². The van der Waals surface area contributed by atoms with E-state index in [9.17, 15) is 8.42 Å². The third kappa shape index (κ3) is 8.29. The summed E-state index contributed by atoms with van der Waals surface area (Å²) in [5.74, 6) is 0.699. The molecule has 1 aliphatic rings. The molecule has 0 amide bonds. The quantitative estimate of drug-likeness (QED) is 0.441. The molecule has 2 heterocycles. The van der Waals surface area contributed by atoms with Gasteiger partial charge in [0.15, 0.2) is 0 Å². The van der Waals surface area contributed by atoms with Crippen molar-refractivity contribution < 1.29 is 13.2 Å². The number of morpholine rings is 1. The predicted molar refractivity (Wildman–Crippen MR) is 121 cm³/mol. The first kappa shape index (κ1) is 25.3. The first-order valence-electron chi connectivity index (χ1n) is 11.6. The molecule has 0 aromatic carbocycles. The molecule has 0 unspecified atom stereocenters. The van der Waals surface area contributed by atoms with Crippen LogP contribution in [0.25, 0.3) is 0 Å². The molecule has 0 aliphatic carbocycles. The van der Waals surface area contributed by atoms with E-state index in [-0.39, 0.29) is 10.9 Å². The Kier molecular flexibility index (Phi) is 10.8. The summed E-state index contributed by atoms with van der Waals surface area (Å²) in [4.78, 5) is 9.09. The Labute approximate surface area is 183 Å². The molecule has 1 fully saturated rings. The second-order valence-electron chi connectivity index (χ2n) is 8.94. The van der Waals surface area contributed by atoms with Crippen LogP contribution < -0.4 is 0 Å². The van der Waals surface area contributed by atoms with Crippen molar-refractivity contribution in [3.8, 4) is 0 Å². The minimum Gasteiger partial charge on any atom is -0.379 e. The molecule has 30 heavy (non-hydrogen) atoms. The smallest absolute Gasteiger partial charge is 0.227 e. The highest BCUT2D eigenvalue weighted by Crippen LogP contribution is 2.18. The van der Waals surface area contributed by atoms with Crippen LogP contribution in [-0.4, -0.2) is 80.0 Å². The lowest BCUT2D eigenvalue weighted by molar-refractivity contribution is 0.0363. The summed E-state index contributed by atoms with van der Waals surface area (Å²) in [5.41, 5.74) is 1.000. The third-order valence-electron chi connectivity index (χ3n) is 5.66. The summed E-state index contributed by atoms with van der Waals surface area (Å²) in [6.07, 6.45) is 6.47. The van der Waals surface area contributed by atoms with E-state index in [1.165, 1.54) is 0 Å². The van der Waals surface area contributed by atoms with Crippen LogP contribution in [0.5, 0.6) is 0 Å². The normalized spacial score (nSPS) is 16.1. The lowest BCUT2D eigenvalue weighted by Crippen LogP contribution is -2.37. The van der Waals surface area contributed by atoms with Crippen LogP contribution in [0, 0.1) is 5.92 Å². The Hall–Kier alpha value is -0.960. The van der Waals surface area contributed by atoms with Crippen molar-refractivity contribution in [2.24, 2.45) is 5.92 Å². The zero-order chi connectivity index (χ0) is 22.0. The van der Waals surface area contributed by atoms with Gasteiger partial charge in [0.1, 0.15) is 0 Å². The molecule has 8 heteroatoms. The van der Waals surface area contributed by atoms with Crippen LogP contribution in [0.4, 0.5) is 0 Å². The number of nitrogens with zero attached hydrogens (tertiary/aromatic N) is 4. The highest BCUT2D eigenvalue weighted by atomic mass is 32.2. The highest BCUT2D eigenvalue weighted by molar-refractivity contribution is 7.91. The summed E-state index contributed by atoms with van der Waals surface area (Å²) < 4.78 is 33.2. The number of imidazole rings is 1. The van der Waals surface area contributed by atoms with Gasteiger partial charge in [-0.15, -0.1) is 0 Å². The SMILES string of the molecule is CCCCn1c(CN(C)CCCN2CCOCC2)cnc1S(=O)(=O)CCCC(C)C. The van der Waals surface area contributed by atoms with Crippen molar-refractivity contribution in [3.63, 3.8) is 0 Å². The van der Waals surface area contributed by atoms with Crippen LogP contribution in [0.15, 0.2) is 11.4 Å². The molecule has 7 nitrogen and oxygen atoms in total. The molecule has 0 bridgehead atoms. The largest absolute Gasteiger partial charge is 0.379 e. The van der Waals surface area contributed by atoms with Gasteiger partial charge >= 0.3 is 0 Å². The summed E-state index contributed by atoms with van der Waals surface area (Å²) in [7, 11) is -1.24. The maximum atomic E-state index is 12.9. The fraction of sp³-hybridized carbons (Fsp3) is 0.864. The van der Waals surface area contributed by atoms with Crippen molar-refractivity contribution in [3.05, 3.63) is 11.9 Å². The minimum atomic E-state index is -3.35. The Bertz CT molecular complexity index is 712. The van der Waals surface area contributed by atoms with Gasteiger partial charge < -0.3 is 14.2 Å². The van der Waals surface area contributed by atoms with E-state index in [2.05, 4.69) is 42.6 Å². The molecule has 0 radical (unpaired) electrons. The Morgan fingerprint density at radius 1 is 1.17 bits per heavy atom. The number of rotatable bonds is 14. The van der Waals surface area contributed by atoms with E-state index >= 15 is 0 Å². The van der Waals surface area contributed by atoms with Gasteiger partial charge in [0, 0.05) is 26.2 Å². The fourth-order valence-corrected chi connectivity index (χ4v) is 5.33. The first-order chi connectivity index (χ1) is 14.3. The van der Waals surface area contributed by atoms with Gasteiger partial charge in [0.25, 0.3) is 0 Å². The number of hydrogen-bond acceptors (Lipinski definition) is 6. The van der Waals surface area contributed by atoms with E-state index in [1.54, 1.807) is 6.20 Å². The Morgan fingerprint density at radius 3 is 2.57 bits per heavy atom. The van der Waals surface area contributed by atoms with Gasteiger partial charge in [-0.2, -0.15) is 0 Å². The summed E-state index contributed by atoms with van der Waals surface area (Å²) >= 11 is 0. The Balaban J connectivity index is 1.96. The van der Waals surface area contributed by atoms with Crippen LogP contribution in [-0.2, 0) is 27.7 Å². The number of hydrogen-bond donors (Lipinski definition) is 0. The predicted octanol–water partition coefficient (Wildman–Crippen LogP) is 3.05. The van der Waals surface area contributed by atoms with Crippen LogP contribution in [0.3, 0.4) is 0 Å². The minimum absolute atomic E-state index is 0.184. The van der Waals surface area contributed by atoms with Gasteiger partial charge in [0.2, 0.25) is 15.0 Å². The van der Waals surface area contributed by atoms with E-state index in [1.807, 2.05) is 4.57 Å². The van der Waals surface area contributed by atoms with Gasteiger partial charge in [-0.1, -0.05) is 27.2 Å². The lowest BCUT2D eigenvalue weighted by atomic mass is 10.1. The maximum Gasteiger partial charge on any atom is 0.227 e. The average Bonchev–Trinajstić information content (AvgIpc) is 3.10. The highest BCUT2D eigenvalue weighted by Gasteiger charge is 2.23. The number of ether oxygens (including phenoxy) is 1. The Morgan fingerprint density at radius 2 is 1.90 bits per heavy atom. The van der Waals surface area contributed by atoms with Crippen molar-refractivity contribution >= 4 is 9.84 Å². The standard InChI is InChI=1S/C22H42N4O3S/c1-5-6-12-26-21(18-23-22(26)30(27,28)17-7-9-20(2)3)19-24(4)10-8-11-25-13-15-29-16-14-25/h18,20H,5-17,19H2,1-4H3. The molecule has 1 aliphatic heterocycles. The second kappa shape index (κ2) is 12.8. The summed E-state index contributed by atoms with van der Waals surface area (Å²) in [6, 6.07) is 0. The number of aromatic nitrogens is 2. The second-order valence-corrected chi connectivity index (χ2v) is 10.9. The monoisotopic (exact) mass is 442 g/mol. The van der Waals surface area contributed by atoms with Crippen molar-refractivity contribution in [1.82, 2.24) is 19.4 Å². The topological polar surface area (TPSA) is 67.7 Å². The number of unbranched alkanes of at least 4 members (excludes halogenated alkanes) is 1. The molecule has 0 N–H and O–H groups in total. The molecule has 1 aromatic rings. The zero-order valence-electron chi connectivity index (χ0n) is 19.5. The fourth-order valence-electron chi connectivity index (χ4n) is 3.84. The molecule has 0 saturated carbocycles. The summed E-state index contributed by atoms with van der Waals surface area (Å²) in [6.45, 7) is 13.6. The average molecular weight is 443 g/mol. The first-order valence-corrected chi connectivity index (χ1v) is 13.2. The molecular weight excluding hydrogens is 400 g/mol. The molecule has 1 aromatic heterocycles. The molecule has 0 spiro atoms. The van der Waals surface area contributed by atoms with Crippen LogP contribution in [0.2, 0.25) is 0 Å². The van der Waals surface area contributed by atoms with E-state index in [4.69, 9.17) is 4.74 Å². The van der Waals surface area contributed by atoms with Gasteiger partial charge in [-0.3, -0.25) is 4.90 Å². The van der Waals surface area contributed by atoms with E-state index < -0.39 is 9.84 Å². The van der Waals surface area contributed by atoms with Crippen LogP contribution in [0.1, 0.15) is 58.6 Å². The maximum absolute atomic E-state index is 12.9. The van der Waals surface area contributed by atoms with Gasteiger partial charge in [-0.05, 0) is 51.7 Å². The third-order valence-corrected chi connectivity index (χ3v) is 7.37. The molecule has 0 atom stereocenters. The van der Waals surface area contributed by atoms with Gasteiger partial charge in [-0.25, -0.2) is 13.4 Å². The molecule has 1 saturated heterocycles. The zero-order valence-corrected chi connectivity index (χ0v) is 20.3. The number of sulfone groups is 1. The molecule has 174 valence electrons. The van der Waals surface area contributed by atoms with E-state index in [0.29, 0.717) is 18.9 Å². The van der Waals surface area contributed by atoms with Gasteiger partial charge in [0.05, 0.1) is 30.9 Å². The van der Waals surface area contributed by atoms with Crippen molar-refractivity contribution in [1.29, 1.82) is 0 Å². The van der Waals surface area contributed by atoms with E-state index in [0.717, 1.165) is 77.3 Å². The van der Waals surface area contributed by atoms with Crippen molar-refractivity contribution in [2.45, 2.75) is 71.1 Å². The molecule has 2 rings (SSSR count). The van der Waals surface area contributed by atoms with Crippen molar-refractivity contribution in [2.75, 3.05) is 52.2 Å². The summed E-state index contributed by atoms with van der Waals surface area (Å²) in [5, 5.41) is 0.261. The molecular formula is C22H42N4O3S. The lowest BCUT2D eigenvalue weighted by Gasteiger charge is -2.27.